The molecule has 6 heteroatoms. The number of rotatable bonds is 4. The van der Waals surface area contributed by atoms with Gasteiger partial charge in [0.2, 0.25) is 5.89 Å². The maximum atomic E-state index is 9.23. The van der Waals surface area contributed by atoms with E-state index in [1.807, 2.05) is 36.4 Å². The van der Waals surface area contributed by atoms with Crippen molar-refractivity contribution in [2.75, 3.05) is 0 Å². The zero-order chi connectivity index (χ0) is 16.4. The quantitative estimate of drug-likeness (QED) is 0.619. The molecule has 6 nitrogen and oxygen atoms in total. The van der Waals surface area contributed by atoms with Gasteiger partial charge in [0.25, 0.3) is 0 Å². The molecule has 4 aromatic rings. The molecule has 0 bridgehead atoms. The third-order valence-corrected chi connectivity index (χ3v) is 3.44. The summed E-state index contributed by atoms with van der Waals surface area (Å²) in [5.41, 5.74) is 2.78. The summed E-state index contributed by atoms with van der Waals surface area (Å²) in [7, 11) is 0. The van der Waals surface area contributed by atoms with Gasteiger partial charge in [-0.2, -0.15) is 0 Å². The number of aromatic nitrogens is 3. The summed E-state index contributed by atoms with van der Waals surface area (Å²) >= 11 is 0. The Labute approximate surface area is 137 Å². The summed E-state index contributed by atoms with van der Waals surface area (Å²) in [6.07, 6.45) is 3.09. The van der Waals surface area contributed by atoms with E-state index in [0.717, 1.165) is 5.69 Å². The van der Waals surface area contributed by atoms with Crippen molar-refractivity contribution in [2.24, 2.45) is 0 Å². The van der Waals surface area contributed by atoms with Gasteiger partial charge in [-0.05, 0) is 36.4 Å². The minimum atomic E-state index is 0.129. The van der Waals surface area contributed by atoms with E-state index in [1.54, 1.807) is 18.3 Å². The van der Waals surface area contributed by atoms with Crippen molar-refractivity contribution in [3.63, 3.8) is 0 Å². The number of benzene rings is 1. The van der Waals surface area contributed by atoms with Crippen LogP contribution in [0, 0.1) is 0 Å². The van der Waals surface area contributed by atoms with E-state index in [9.17, 15) is 5.11 Å². The first kappa shape index (κ1) is 14.2. The van der Waals surface area contributed by atoms with Crippen LogP contribution in [0.2, 0.25) is 0 Å². The van der Waals surface area contributed by atoms with Crippen molar-refractivity contribution in [3.05, 3.63) is 66.6 Å². The van der Waals surface area contributed by atoms with Crippen molar-refractivity contribution in [1.82, 2.24) is 15.0 Å². The molecule has 0 amide bonds. The van der Waals surface area contributed by atoms with Crippen LogP contribution in [0.1, 0.15) is 5.69 Å². The minimum absolute atomic E-state index is 0.129. The number of oxazole rings is 1. The molecular weight excluding hydrogens is 306 g/mol. The van der Waals surface area contributed by atoms with Crippen molar-refractivity contribution in [3.8, 4) is 23.1 Å². The van der Waals surface area contributed by atoms with Crippen LogP contribution < -0.4 is 4.74 Å². The largest absolute Gasteiger partial charge is 0.506 e. The number of nitrogens with zero attached hydrogens (tertiary/aromatic N) is 3. The normalized spacial score (nSPS) is 10.8. The average molecular weight is 319 g/mol. The monoisotopic (exact) mass is 319 g/mol. The van der Waals surface area contributed by atoms with Gasteiger partial charge in [-0.15, -0.1) is 0 Å². The SMILES string of the molecule is Oc1ccc(COc2ccc3oc(-c4ccccn4)nc3c2)nc1. The van der Waals surface area contributed by atoms with Crippen molar-refractivity contribution < 1.29 is 14.3 Å². The second kappa shape index (κ2) is 6.00. The number of hydrogen-bond acceptors (Lipinski definition) is 6. The molecule has 1 aromatic carbocycles. The van der Waals surface area contributed by atoms with E-state index in [-0.39, 0.29) is 5.75 Å². The Hall–Kier alpha value is -3.41. The van der Waals surface area contributed by atoms with E-state index >= 15 is 0 Å². The Bertz CT molecular complexity index is 966. The molecule has 1 N–H and O–H groups in total. The Morgan fingerprint density at radius 3 is 2.79 bits per heavy atom. The van der Waals surface area contributed by atoms with E-state index in [1.165, 1.54) is 6.20 Å². The summed E-state index contributed by atoms with van der Waals surface area (Å²) in [6, 6.07) is 14.3. The lowest BCUT2D eigenvalue weighted by Crippen LogP contribution is -1.97. The predicted octanol–water partition coefficient (Wildman–Crippen LogP) is 3.57. The van der Waals surface area contributed by atoms with Crippen molar-refractivity contribution in [2.45, 2.75) is 6.61 Å². The molecule has 0 aliphatic heterocycles. The second-order valence-electron chi connectivity index (χ2n) is 5.16. The molecular formula is C18H13N3O3. The molecule has 0 aliphatic carbocycles. The molecule has 0 saturated heterocycles. The Kier molecular flexibility index (Phi) is 3.55. The molecule has 118 valence electrons. The van der Waals surface area contributed by atoms with E-state index in [0.29, 0.717) is 35.0 Å². The fourth-order valence-corrected chi connectivity index (χ4v) is 2.26. The second-order valence-corrected chi connectivity index (χ2v) is 5.16. The van der Waals surface area contributed by atoms with E-state index in [4.69, 9.17) is 9.15 Å². The number of ether oxygens (including phenoxy) is 1. The highest BCUT2D eigenvalue weighted by molar-refractivity contribution is 5.77. The fourth-order valence-electron chi connectivity index (χ4n) is 2.26. The number of fused-ring (bicyclic) bond motifs is 1. The molecule has 0 aliphatic rings. The summed E-state index contributed by atoms with van der Waals surface area (Å²) < 4.78 is 11.4. The Morgan fingerprint density at radius 1 is 1.04 bits per heavy atom. The standard InChI is InChI=1S/C18H13N3O3/c22-13-5-4-12(20-10-13)11-23-14-6-7-17-16(9-14)21-18(24-17)15-3-1-2-8-19-15/h1-10,22H,11H2. The number of aromatic hydroxyl groups is 1. The summed E-state index contributed by atoms with van der Waals surface area (Å²) in [5.74, 6) is 1.27. The first-order chi connectivity index (χ1) is 11.8. The molecule has 0 atom stereocenters. The van der Waals surface area contributed by atoms with Crippen LogP contribution in [-0.4, -0.2) is 20.1 Å². The topological polar surface area (TPSA) is 81.3 Å². The van der Waals surface area contributed by atoms with Gasteiger partial charge < -0.3 is 14.3 Å². The molecule has 0 fully saturated rings. The first-order valence-electron chi connectivity index (χ1n) is 7.37. The molecule has 3 aromatic heterocycles. The van der Waals surface area contributed by atoms with Gasteiger partial charge in [-0.1, -0.05) is 6.07 Å². The zero-order valence-corrected chi connectivity index (χ0v) is 12.6. The van der Waals surface area contributed by atoms with Gasteiger partial charge in [-0.3, -0.25) is 9.97 Å². The number of pyridine rings is 2. The average Bonchev–Trinajstić information content (AvgIpc) is 3.05. The van der Waals surface area contributed by atoms with Gasteiger partial charge in [0.05, 0.1) is 11.9 Å². The van der Waals surface area contributed by atoms with Crippen molar-refractivity contribution in [1.29, 1.82) is 0 Å². The van der Waals surface area contributed by atoms with Crippen LogP contribution in [0.15, 0.2) is 65.3 Å². The van der Waals surface area contributed by atoms with Crippen LogP contribution in [-0.2, 0) is 6.61 Å². The lowest BCUT2D eigenvalue weighted by atomic mass is 10.3. The highest BCUT2D eigenvalue weighted by Crippen LogP contribution is 2.26. The number of hydrogen-bond donors (Lipinski definition) is 1. The minimum Gasteiger partial charge on any atom is -0.506 e. The van der Waals surface area contributed by atoms with Crippen molar-refractivity contribution >= 4 is 11.1 Å². The molecule has 0 saturated carbocycles. The van der Waals surface area contributed by atoms with Crippen LogP contribution in [0.4, 0.5) is 0 Å². The summed E-state index contributed by atoms with van der Waals surface area (Å²) in [6.45, 7) is 0.302. The molecule has 0 spiro atoms. The fraction of sp³-hybridized carbons (Fsp3) is 0.0556. The molecule has 3 heterocycles. The Morgan fingerprint density at radius 2 is 2.00 bits per heavy atom. The smallest absolute Gasteiger partial charge is 0.246 e. The maximum Gasteiger partial charge on any atom is 0.246 e. The highest BCUT2D eigenvalue weighted by atomic mass is 16.5. The van der Waals surface area contributed by atoms with Gasteiger partial charge in [0.1, 0.15) is 29.3 Å². The maximum absolute atomic E-state index is 9.23. The lowest BCUT2D eigenvalue weighted by Gasteiger charge is -2.05. The van der Waals surface area contributed by atoms with Crippen LogP contribution >= 0.6 is 0 Å². The van der Waals surface area contributed by atoms with Gasteiger partial charge in [-0.25, -0.2) is 4.98 Å². The third-order valence-electron chi connectivity index (χ3n) is 3.44. The molecule has 24 heavy (non-hydrogen) atoms. The molecule has 0 radical (unpaired) electrons. The van der Waals surface area contributed by atoms with Crippen LogP contribution in [0.3, 0.4) is 0 Å². The van der Waals surface area contributed by atoms with Gasteiger partial charge in [0.15, 0.2) is 5.58 Å². The summed E-state index contributed by atoms with van der Waals surface area (Å²) in [5, 5.41) is 9.23. The Balaban J connectivity index is 1.55. The highest BCUT2D eigenvalue weighted by Gasteiger charge is 2.10. The predicted molar refractivity (Wildman–Crippen MR) is 87.5 cm³/mol. The molecule has 4 rings (SSSR count). The third kappa shape index (κ3) is 2.89. The van der Waals surface area contributed by atoms with E-state index in [2.05, 4.69) is 15.0 Å². The first-order valence-corrected chi connectivity index (χ1v) is 7.37. The molecule has 0 unspecified atom stereocenters. The van der Waals surface area contributed by atoms with Crippen LogP contribution in [0.25, 0.3) is 22.7 Å². The zero-order valence-electron chi connectivity index (χ0n) is 12.6. The van der Waals surface area contributed by atoms with Gasteiger partial charge >= 0.3 is 0 Å². The van der Waals surface area contributed by atoms with Crippen LogP contribution in [0.5, 0.6) is 11.5 Å². The van der Waals surface area contributed by atoms with Gasteiger partial charge in [0, 0.05) is 12.3 Å². The van der Waals surface area contributed by atoms with E-state index < -0.39 is 0 Å². The lowest BCUT2D eigenvalue weighted by molar-refractivity contribution is 0.301. The summed E-state index contributed by atoms with van der Waals surface area (Å²) in [4.78, 5) is 12.8.